The van der Waals surface area contributed by atoms with Crippen molar-refractivity contribution in [3.05, 3.63) is 0 Å². The summed E-state index contributed by atoms with van der Waals surface area (Å²) in [5.41, 5.74) is 0. The lowest BCUT2D eigenvalue weighted by molar-refractivity contribution is -0.0360. The highest BCUT2D eigenvalue weighted by Crippen LogP contribution is 2.21. The van der Waals surface area contributed by atoms with Crippen molar-refractivity contribution in [1.82, 2.24) is 9.21 Å². The van der Waals surface area contributed by atoms with Gasteiger partial charge in [-0.05, 0) is 18.8 Å². The first kappa shape index (κ1) is 15.2. The van der Waals surface area contributed by atoms with Gasteiger partial charge in [-0.15, -0.1) is 0 Å². The number of aliphatic hydroxyl groups is 1. The first-order valence-corrected chi connectivity index (χ1v) is 8.73. The van der Waals surface area contributed by atoms with Crippen molar-refractivity contribution in [3.63, 3.8) is 0 Å². The van der Waals surface area contributed by atoms with Crippen LogP contribution in [0.1, 0.15) is 12.8 Å². The summed E-state index contributed by atoms with van der Waals surface area (Å²) in [6.45, 7) is 4.28. The molecule has 2 saturated heterocycles. The number of ether oxygens (including phenoxy) is 1. The smallest absolute Gasteiger partial charge is 0.211 e. The molecule has 2 aliphatic rings. The Morgan fingerprint density at radius 2 is 2.16 bits per heavy atom. The van der Waals surface area contributed by atoms with Crippen molar-refractivity contribution < 1.29 is 18.3 Å². The van der Waals surface area contributed by atoms with Crippen LogP contribution in [0, 0.1) is 5.92 Å². The number of rotatable bonds is 4. The minimum Gasteiger partial charge on any atom is -0.395 e. The van der Waals surface area contributed by atoms with Crippen LogP contribution in [0.25, 0.3) is 0 Å². The van der Waals surface area contributed by atoms with Gasteiger partial charge in [-0.1, -0.05) is 0 Å². The van der Waals surface area contributed by atoms with Gasteiger partial charge in [0.15, 0.2) is 0 Å². The zero-order chi connectivity index (χ0) is 13.9. The summed E-state index contributed by atoms with van der Waals surface area (Å²) in [7, 11) is -3.08. The lowest BCUT2D eigenvalue weighted by Gasteiger charge is -2.39. The van der Waals surface area contributed by atoms with E-state index < -0.39 is 10.0 Å². The second-order valence-corrected chi connectivity index (χ2v) is 7.52. The van der Waals surface area contributed by atoms with Gasteiger partial charge in [0.25, 0.3) is 0 Å². The number of morpholine rings is 1. The van der Waals surface area contributed by atoms with Gasteiger partial charge in [-0.25, -0.2) is 12.7 Å². The van der Waals surface area contributed by atoms with Crippen molar-refractivity contribution in [2.45, 2.75) is 18.9 Å². The summed E-state index contributed by atoms with van der Waals surface area (Å²) >= 11 is 0. The molecule has 0 aromatic carbocycles. The Morgan fingerprint density at radius 1 is 1.37 bits per heavy atom. The maximum absolute atomic E-state index is 11.6. The number of hydrogen-bond donors (Lipinski definition) is 1. The van der Waals surface area contributed by atoms with Gasteiger partial charge in [0.05, 0.1) is 32.1 Å². The first-order valence-electron chi connectivity index (χ1n) is 6.88. The second kappa shape index (κ2) is 6.49. The lowest BCUT2D eigenvalue weighted by Crippen LogP contribution is -2.51. The molecule has 0 saturated carbocycles. The maximum atomic E-state index is 11.6. The highest BCUT2D eigenvalue weighted by Gasteiger charge is 2.30. The summed E-state index contributed by atoms with van der Waals surface area (Å²) in [5.74, 6) is 0.357. The largest absolute Gasteiger partial charge is 0.395 e. The molecule has 1 N–H and O–H groups in total. The quantitative estimate of drug-likeness (QED) is 0.746. The topological polar surface area (TPSA) is 70.1 Å². The molecule has 0 aliphatic carbocycles. The molecule has 0 radical (unpaired) electrons. The van der Waals surface area contributed by atoms with Crippen LogP contribution in [0.5, 0.6) is 0 Å². The number of piperidine rings is 1. The molecule has 7 heteroatoms. The molecule has 2 unspecified atom stereocenters. The van der Waals surface area contributed by atoms with E-state index in [-0.39, 0.29) is 12.6 Å². The molecule has 0 spiro atoms. The average Bonchev–Trinajstić information content (AvgIpc) is 2.39. The van der Waals surface area contributed by atoms with Crippen molar-refractivity contribution >= 4 is 10.0 Å². The van der Waals surface area contributed by atoms with Crippen LogP contribution in [0.4, 0.5) is 0 Å². The SMILES string of the molecule is CS(=O)(=O)N1CCCC(CN2CCOCC2CO)C1. The van der Waals surface area contributed by atoms with E-state index >= 15 is 0 Å². The molecular weight excluding hydrogens is 268 g/mol. The fourth-order valence-corrected chi connectivity index (χ4v) is 3.85. The third-order valence-electron chi connectivity index (χ3n) is 4.00. The maximum Gasteiger partial charge on any atom is 0.211 e. The Balaban J connectivity index is 1.91. The molecule has 0 aromatic heterocycles. The molecule has 2 heterocycles. The lowest BCUT2D eigenvalue weighted by atomic mass is 9.98. The Hall–Kier alpha value is -0.210. The van der Waals surface area contributed by atoms with Crippen LogP contribution in [-0.2, 0) is 14.8 Å². The van der Waals surface area contributed by atoms with Crippen LogP contribution in [-0.4, -0.2) is 81.0 Å². The van der Waals surface area contributed by atoms with Crippen molar-refractivity contribution in [2.24, 2.45) is 5.92 Å². The average molecular weight is 292 g/mol. The molecule has 0 amide bonds. The van der Waals surface area contributed by atoms with E-state index in [0.29, 0.717) is 32.2 Å². The van der Waals surface area contributed by atoms with Crippen molar-refractivity contribution in [3.8, 4) is 0 Å². The molecule has 2 rings (SSSR count). The van der Waals surface area contributed by atoms with Crippen LogP contribution in [0.2, 0.25) is 0 Å². The second-order valence-electron chi connectivity index (χ2n) is 5.54. The van der Waals surface area contributed by atoms with Crippen LogP contribution >= 0.6 is 0 Å². The Morgan fingerprint density at radius 3 is 2.84 bits per heavy atom. The molecule has 112 valence electrons. The van der Waals surface area contributed by atoms with E-state index in [2.05, 4.69) is 4.90 Å². The van der Waals surface area contributed by atoms with E-state index in [4.69, 9.17) is 4.74 Å². The molecule has 19 heavy (non-hydrogen) atoms. The fourth-order valence-electron chi connectivity index (χ4n) is 2.91. The van der Waals surface area contributed by atoms with Gasteiger partial charge >= 0.3 is 0 Å². The molecule has 2 aliphatic heterocycles. The van der Waals surface area contributed by atoms with Crippen molar-refractivity contribution in [1.29, 1.82) is 0 Å². The Bertz CT molecular complexity index is 387. The first-order chi connectivity index (χ1) is 9.00. The Labute approximate surface area is 115 Å². The fraction of sp³-hybridized carbons (Fsp3) is 1.00. The molecule has 0 aromatic rings. The van der Waals surface area contributed by atoms with Crippen LogP contribution in [0.3, 0.4) is 0 Å². The van der Waals surface area contributed by atoms with Gasteiger partial charge in [-0.2, -0.15) is 0 Å². The number of aliphatic hydroxyl groups excluding tert-OH is 1. The number of hydrogen-bond acceptors (Lipinski definition) is 5. The van der Waals surface area contributed by atoms with E-state index in [1.807, 2.05) is 0 Å². The van der Waals surface area contributed by atoms with Gasteiger partial charge in [0.2, 0.25) is 10.0 Å². The highest BCUT2D eigenvalue weighted by atomic mass is 32.2. The van der Waals surface area contributed by atoms with Crippen LogP contribution in [0.15, 0.2) is 0 Å². The molecule has 2 fully saturated rings. The summed E-state index contributed by atoms with van der Waals surface area (Å²) < 4.78 is 30.1. The molecule has 0 bridgehead atoms. The summed E-state index contributed by atoms with van der Waals surface area (Å²) in [6, 6.07) is 0.0577. The highest BCUT2D eigenvalue weighted by molar-refractivity contribution is 7.88. The minimum atomic E-state index is -3.08. The van der Waals surface area contributed by atoms with Gasteiger partial charge in [-0.3, -0.25) is 4.90 Å². The molecule has 6 nitrogen and oxygen atoms in total. The zero-order valence-electron chi connectivity index (χ0n) is 11.5. The minimum absolute atomic E-state index is 0.0577. The zero-order valence-corrected chi connectivity index (χ0v) is 12.3. The normalized spacial score (nSPS) is 31.5. The van der Waals surface area contributed by atoms with Gasteiger partial charge in [0, 0.05) is 26.2 Å². The van der Waals surface area contributed by atoms with E-state index in [9.17, 15) is 13.5 Å². The van der Waals surface area contributed by atoms with E-state index in [1.54, 1.807) is 4.31 Å². The monoisotopic (exact) mass is 292 g/mol. The van der Waals surface area contributed by atoms with Gasteiger partial charge in [0.1, 0.15) is 0 Å². The van der Waals surface area contributed by atoms with E-state index in [0.717, 1.165) is 25.9 Å². The van der Waals surface area contributed by atoms with E-state index in [1.165, 1.54) is 6.26 Å². The number of nitrogens with zero attached hydrogens (tertiary/aromatic N) is 2. The predicted molar refractivity (Wildman–Crippen MR) is 72.4 cm³/mol. The Kier molecular flexibility index (Phi) is 5.19. The summed E-state index contributed by atoms with van der Waals surface area (Å²) in [4.78, 5) is 2.24. The van der Waals surface area contributed by atoms with Gasteiger partial charge < -0.3 is 9.84 Å². The standard InChI is InChI=1S/C12H24N2O4S/c1-19(16,17)14-4-2-3-11(8-14)7-13-5-6-18-10-12(13)9-15/h11-12,15H,2-10H2,1H3. The molecular formula is C12H24N2O4S. The van der Waals surface area contributed by atoms with Crippen LogP contribution < -0.4 is 0 Å². The summed E-state index contributed by atoms with van der Waals surface area (Å²) in [5, 5.41) is 9.34. The number of sulfonamides is 1. The summed E-state index contributed by atoms with van der Waals surface area (Å²) in [6.07, 6.45) is 3.26. The molecule has 2 atom stereocenters. The third-order valence-corrected chi connectivity index (χ3v) is 5.27. The third kappa shape index (κ3) is 4.13. The predicted octanol–water partition coefficient (Wildman–Crippen LogP) is -0.649. The van der Waals surface area contributed by atoms with Crippen molar-refractivity contribution in [2.75, 3.05) is 52.3 Å².